The topological polar surface area (TPSA) is 69.9 Å². The highest BCUT2D eigenvalue weighted by atomic mass is 35.5. The predicted molar refractivity (Wildman–Crippen MR) is 132 cm³/mol. The monoisotopic (exact) mass is 482 g/mol. The maximum absolute atomic E-state index is 10.4. The summed E-state index contributed by atoms with van der Waals surface area (Å²) < 4.78 is 0. The fraction of sp³-hybridized carbons (Fsp3) is 0.208. The van der Waals surface area contributed by atoms with Crippen molar-refractivity contribution >= 4 is 57.1 Å². The number of thiazole rings is 1. The van der Waals surface area contributed by atoms with E-state index in [1.807, 2.05) is 24.3 Å². The Bertz CT molecular complexity index is 1340. The van der Waals surface area contributed by atoms with Gasteiger partial charge in [-0.05, 0) is 54.0 Å². The molecule has 0 amide bonds. The molecule has 1 aliphatic carbocycles. The van der Waals surface area contributed by atoms with Gasteiger partial charge in [-0.15, -0.1) is 0 Å². The van der Waals surface area contributed by atoms with E-state index < -0.39 is 0 Å². The van der Waals surface area contributed by atoms with Crippen LogP contribution in [0.1, 0.15) is 29.7 Å². The molecular weight excluding hydrogens is 463 g/mol. The summed E-state index contributed by atoms with van der Waals surface area (Å²) >= 11 is 13.8. The standard InChI is InChI=1S/C24H20Cl2N4OS/c25-17-2-1-3-18(26)22(17)29-24-30-23(31)21(32-24)13-15-6-7-19-16(12-15)20(9-11-28-19)27-10-8-14-4-5-14/h1-3,6-7,9,11-14,31H,4-5,8,10H2,(H,29,30). The molecule has 1 aliphatic heterocycles. The van der Waals surface area contributed by atoms with Crippen molar-refractivity contribution in [1.82, 2.24) is 4.98 Å². The smallest absolute Gasteiger partial charge is 0.231 e. The molecule has 2 aromatic carbocycles. The van der Waals surface area contributed by atoms with Crippen LogP contribution >= 0.6 is 34.5 Å². The number of para-hydroxylation sites is 1. The molecule has 0 unspecified atom stereocenters. The molecule has 2 N–H and O–H groups in total. The number of aliphatic imine (C=N–C) groups is 1. The Balaban J connectivity index is 1.43. The maximum atomic E-state index is 10.4. The normalized spacial score (nSPS) is 16.8. The summed E-state index contributed by atoms with van der Waals surface area (Å²) in [4.78, 5) is 14.1. The molecule has 2 aliphatic rings. The van der Waals surface area contributed by atoms with Crippen LogP contribution in [-0.4, -0.2) is 22.3 Å². The van der Waals surface area contributed by atoms with Crippen LogP contribution in [0.15, 0.2) is 58.7 Å². The average molecular weight is 483 g/mol. The second-order valence-electron chi connectivity index (χ2n) is 7.79. The van der Waals surface area contributed by atoms with Gasteiger partial charge in [0.15, 0.2) is 5.13 Å². The number of fused-ring (bicyclic) bond motifs is 1. The van der Waals surface area contributed by atoms with Crippen molar-refractivity contribution in [3.8, 4) is 5.88 Å². The van der Waals surface area contributed by atoms with Gasteiger partial charge in [-0.1, -0.05) is 59.5 Å². The molecule has 5 nitrogen and oxygen atoms in total. The molecule has 0 radical (unpaired) electrons. The number of allylic oxidation sites excluding steroid dienone is 1. The van der Waals surface area contributed by atoms with Gasteiger partial charge in [-0.2, -0.15) is 4.98 Å². The van der Waals surface area contributed by atoms with E-state index in [4.69, 9.17) is 28.2 Å². The van der Waals surface area contributed by atoms with Crippen LogP contribution in [0, 0.1) is 5.92 Å². The highest BCUT2D eigenvalue weighted by molar-refractivity contribution is 7.16. The highest BCUT2D eigenvalue weighted by Gasteiger charge is 2.20. The number of hydrogen-bond donors (Lipinski definition) is 2. The Hall–Kier alpha value is -2.67. The second kappa shape index (κ2) is 9.06. The number of aromatic hydroxyl groups is 1. The molecule has 0 atom stereocenters. The Kier molecular flexibility index (Phi) is 6.00. The summed E-state index contributed by atoms with van der Waals surface area (Å²) in [7, 11) is 0. The Morgan fingerprint density at radius 3 is 2.78 bits per heavy atom. The molecule has 32 heavy (non-hydrogen) atoms. The third-order valence-corrected chi connectivity index (χ3v) is 6.92. The first-order valence-electron chi connectivity index (χ1n) is 10.4. The summed E-state index contributed by atoms with van der Waals surface area (Å²) in [6.45, 7) is 0.840. The molecule has 3 aromatic rings. The first-order valence-corrected chi connectivity index (χ1v) is 12.0. The van der Waals surface area contributed by atoms with Crippen molar-refractivity contribution in [3.05, 3.63) is 79.7 Å². The molecular formula is C24H20Cl2N4OS. The van der Waals surface area contributed by atoms with Crippen molar-refractivity contribution in [3.63, 3.8) is 0 Å². The SMILES string of the molecule is Oc1nc(Nc2c(Cl)cccc2Cl)sc1C=c1ccc2c(c1)C(=NCCC1CC1)C=CN=2. The largest absolute Gasteiger partial charge is 0.492 e. The molecule has 5 rings (SSSR count). The lowest BCUT2D eigenvalue weighted by Crippen LogP contribution is -2.21. The van der Waals surface area contributed by atoms with Crippen LogP contribution in [0.4, 0.5) is 10.8 Å². The zero-order valence-electron chi connectivity index (χ0n) is 17.1. The molecule has 1 aromatic heterocycles. The van der Waals surface area contributed by atoms with E-state index in [-0.39, 0.29) is 5.88 Å². The maximum Gasteiger partial charge on any atom is 0.231 e. The number of nitrogens with one attached hydrogen (secondary N) is 1. The molecule has 0 saturated heterocycles. The quantitative estimate of drug-likeness (QED) is 0.489. The number of aromatic nitrogens is 1. The van der Waals surface area contributed by atoms with Crippen molar-refractivity contribution in [2.24, 2.45) is 15.9 Å². The summed E-state index contributed by atoms with van der Waals surface area (Å²) in [5, 5.41) is 16.8. The van der Waals surface area contributed by atoms with E-state index in [0.717, 1.165) is 40.7 Å². The lowest BCUT2D eigenvalue weighted by molar-refractivity contribution is 0.457. The Morgan fingerprint density at radius 1 is 1.19 bits per heavy atom. The van der Waals surface area contributed by atoms with E-state index in [1.54, 1.807) is 24.4 Å². The van der Waals surface area contributed by atoms with Gasteiger partial charge in [0.1, 0.15) is 0 Å². The summed E-state index contributed by atoms with van der Waals surface area (Å²) in [6, 6.07) is 11.3. The van der Waals surface area contributed by atoms with Crippen LogP contribution in [0.2, 0.25) is 10.0 Å². The van der Waals surface area contributed by atoms with E-state index in [2.05, 4.69) is 21.4 Å². The van der Waals surface area contributed by atoms with Crippen molar-refractivity contribution < 1.29 is 5.11 Å². The van der Waals surface area contributed by atoms with Gasteiger partial charge in [-0.25, -0.2) is 0 Å². The van der Waals surface area contributed by atoms with Gasteiger partial charge < -0.3 is 10.4 Å². The van der Waals surface area contributed by atoms with Crippen molar-refractivity contribution in [1.29, 1.82) is 0 Å². The molecule has 0 bridgehead atoms. The number of halogens is 2. The molecule has 2 heterocycles. The number of anilines is 2. The summed E-state index contributed by atoms with van der Waals surface area (Å²) in [6.07, 6.45) is 9.47. The zero-order chi connectivity index (χ0) is 22.1. The first-order chi connectivity index (χ1) is 15.6. The summed E-state index contributed by atoms with van der Waals surface area (Å²) in [5.41, 5.74) is 2.52. The Morgan fingerprint density at radius 2 is 2.00 bits per heavy atom. The van der Waals surface area contributed by atoms with Crippen LogP contribution in [0.25, 0.3) is 6.08 Å². The molecule has 1 saturated carbocycles. The minimum atomic E-state index is -0.0543. The van der Waals surface area contributed by atoms with Crippen LogP contribution in [0.5, 0.6) is 5.88 Å². The number of benzene rings is 2. The van der Waals surface area contributed by atoms with Crippen molar-refractivity contribution in [2.75, 3.05) is 11.9 Å². The fourth-order valence-electron chi connectivity index (χ4n) is 3.50. The molecule has 1 fully saturated rings. The zero-order valence-corrected chi connectivity index (χ0v) is 19.4. The average Bonchev–Trinajstić information content (AvgIpc) is 3.54. The number of hydrogen-bond acceptors (Lipinski definition) is 6. The highest BCUT2D eigenvalue weighted by Crippen LogP contribution is 2.36. The van der Waals surface area contributed by atoms with E-state index in [0.29, 0.717) is 25.7 Å². The third kappa shape index (κ3) is 4.72. The predicted octanol–water partition coefficient (Wildman–Crippen LogP) is 5.46. The summed E-state index contributed by atoms with van der Waals surface area (Å²) in [5.74, 6) is 0.801. The molecule has 8 heteroatoms. The lowest BCUT2D eigenvalue weighted by Gasteiger charge is -2.07. The van der Waals surface area contributed by atoms with Gasteiger partial charge >= 0.3 is 0 Å². The van der Waals surface area contributed by atoms with Crippen molar-refractivity contribution in [2.45, 2.75) is 19.3 Å². The third-order valence-electron chi connectivity index (χ3n) is 5.39. The van der Waals surface area contributed by atoms with Gasteiger partial charge in [-0.3, -0.25) is 9.98 Å². The fourth-order valence-corrected chi connectivity index (χ4v) is 4.82. The van der Waals surface area contributed by atoms with Gasteiger partial charge in [0.05, 0.1) is 31.7 Å². The van der Waals surface area contributed by atoms with E-state index in [1.165, 1.54) is 24.2 Å². The molecule has 0 spiro atoms. The second-order valence-corrected chi connectivity index (χ2v) is 9.64. The first kappa shape index (κ1) is 21.2. The number of rotatable bonds is 6. The van der Waals surface area contributed by atoms with Crippen LogP contribution in [-0.2, 0) is 0 Å². The molecule has 162 valence electrons. The number of nitrogens with zero attached hydrogens (tertiary/aromatic N) is 3. The van der Waals surface area contributed by atoms with Crippen LogP contribution < -0.4 is 15.9 Å². The van der Waals surface area contributed by atoms with Gasteiger partial charge in [0, 0.05) is 18.3 Å². The minimum Gasteiger partial charge on any atom is -0.492 e. The van der Waals surface area contributed by atoms with Gasteiger partial charge in [0.25, 0.3) is 0 Å². The van der Waals surface area contributed by atoms with Gasteiger partial charge in [0.2, 0.25) is 5.88 Å². The minimum absolute atomic E-state index is 0.0543. The van der Waals surface area contributed by atoms with E-state index in [9.17, 15) is 5.11 Å². The Labute approximate surface area is 199 Å². The lowest BCUT2D eigenvalue weighted by atomic mass is 10.1. The van der Waals surface area contributed by atoms with Crippen LogP contribution in [0.3, 0.4) is 0 Å². The van der Waals surface area contributed by atoms with E-state index >= 15 is 0 Å².